The number of aromatic nitrogens is 3. The van der Waals surface area contributed by atoms with E-state index < -0.39 is 0 Å². The number of benzene rings is 2. The van der Waals surface area contributed by atoms with Gasteiger partial charge >= 0.3 is 0 Å². The molecule has 0 amide bonds. The van der Waals surface area contributed by atoms with E-state index in [0.29, 0.717) is 26.8 Å². The van der Waals surface area contributed by atoms with E-state index in [1.54, 1.807) is 37.6 Å². The van der Waals surface area contributed by atoms with Gasteiger partial charge in [-0.1, -0.05) is 35.3 Å². The van der Waals surface area contributed by atoms with Crippen LogP contribution in [-0.4, -0.2) is 22.1 Å². The third-order valence-electron chi connectivity index (χ3n) is 4.19. The molecule has 0 saturated heterocycles. The molecule has 0 bridgehead atoms. The van der Waals surface area contributed by atoms with Crippen molar-refractivity contribution in [1.82, 2.24) is 15.0 Å². The normalized spacial score (nSPS) is 10.8. The van der Waals surface area contributed by atoms with E-state index in [1.165, 1.54) is 0 Å². The van der Waals surface area contributed by atoms with Crippen LogP contribution in [0.3, 0.4) is 0 Å². The molecule has 0 saturated carbocycles. The number of pyridine rings is 1. The fraction of sp³-hybridized carbons (Fsp3) is 0.0500. The molecular formula is C20H14Cl2N4O2. The Balaban J connectivity index is 1.78. The zero-order valence-corrected chi connectivity index (χ0v) is 16.2. The lowest BCUT2D eigenvalue weighted by Gasteiger charge is -2.10. The van der Waals surface area contributed by atoms with Gasteiger partial charge in [-0.15, -0.1) is 0 Å². The predicted molar refractivity (Wildman–Crippen MR) is 112 cm³/mol. The van der Waals surface area contributed by atoms with Crippen molar-refractivity contribution in [1.29, 1.82) is 0 Å². The molecule has 0 aliphatic rings. The Morgan fingerprint density at radius 2 is 1.86 bits per heavy atom. The number of halogens is 2. The summed E-state index contributed by atoms with van der Waals surface area (Å²) in [5, 5.41) is 4.32. The minimum absolute atomic E-state index is 0.237. The van der Waals surface area contributed by atoms with Crippen molar-refractivity contribution >= 4 is 45.9 Å². The van der Waals surface area contributed by atoms with Gasteiger partial charge in [0.2, 0.25) is 5.95 Å². The number of methoxy groups -OCH3 is 1. The monoisotopic (exact) mass is 412 g/mol. The van der Waals surface area contributed by atoms with Crippen LogP contribution in [0.2, 0.25) is 10.0 Å². The minimum atomic E-state index is -0.309. The highest BCUT2D eigenvalue weighted by Gasteiger charge is 2.12. The lowest BCUT2D eigenvalue weighted by atomic mass is 10.0. The van der Waals surface area contributed by atoms with Gasteiger partial charge in [0.1, 0.15) is 5.75 Å². The molecule has 2 aromatic heterocycles. The Morgan fingerprint density at radius 3 is 2.57 bits per heavy atom. The smallest absolute Gasteiger partial charge is 0.262 e. The Labute approximate surface area is 170 Å². The van der Waals surface area contributed by atoms with Gasteiger partial charge in [-0.05, 0) is 47.5 Å². The van der Waals surface area contributed by atoms with Crippen molar-refractivity contribution in [3.63, 3.8) is 0 Å². The first-order chi connectivity index (χ1) is 13.5. The molecule has 0 fully saturated rings. The van der Waals surface area contributed by atoms with Crippen LogP contribution in [0.5, 0.6) is 5.75 Å². The summed E-state index contributed by atoms with van der Waals surface area (Å²) in [6.07, 6.45) is 1.62. The zero-order valence-electron chi connectivity index (χ0n) is 14.7. The minimum Gasteiger partial charge on any atom is -0.497 e. The maximum Gasteiger partial charge on any atom is 0.262 e. The van der Waals surface area contributed by atoms with Crippen molar-refractivity contribution in [2.24, 2.45) is 0 Å². The number of hydrogen-bond acceptors (Lipinski definition) is 5. The van der Waals surface area contributed by atoms with Gasteiger partial charge in [-0.3, -0.25) is 9.78 Å². The van der Waals surface area contributed by atoms with Crippen molar-refractivity contribution < 1.29 is 4.74 Å². The molecule has 0 aliphatic carbocycles. The molecule has 0 spiro atoms. The van der Waals surface area contributed by atoms with Gasteiger partial charge in [0.25, 0.3) is 5.56 Å². The summed E-state index contributed by atoms with van der Waals surface area (Å²) < 4.78 is 5.19. The maximum atomic E-state index is 12.8. The zero-order chi connectivity index (χ0) is 19.7. The summed E-state index contributed by atoms with van der Waals surface area (Å²) in [5.41, 5.74) is 2.18. The van der Waals surface area contributed by atoms with Crippen LogP contribution in [0.25, 0.3) is 22.2 Å². The first-order valence-corrected chi connectivity index (χ1v) is 9.06. The van der Waals surface area contributed by atoms with E-state index in [2.05, 4.69) is 20.3 Å². The van der Waals surface area contributed by atoms with Crippen LogP contribution in [-0.2, 0) is 0 Å². The molecular weight excluding hydrogens is 399 g/mol. The number of nitrogens with zero attached hydrogens (tertiary/aromatic N) is 2. The van der Waals surface area contributed by atoms with Crippen molar-refractivity contribution in [3.8, 4) is 16.9 Å². The van der Waals surface area contributed by atoms with E-state index in [-0.39, 0.29) is 11.5 Å². The lowest BCUT2D eigenvalue weighted by Crippen LogP contribution is -2.13. The molecule has 140 valence electrons. The molecule has 2 N–H and O–H groups in total. The van der Waals surface area contributed by atoms with E-state index in [1.807, 2.05) is 24.3 Å². The Morgan fingerprint density at radius 1 is 1.07 bits per heavy atom. The largest absolute Gasteiger partial charge is 0.497 e. The first kappa shape index (κ1) is 18.3. The summed E-state index contributed by atoms with van der Waals surface area (Å²) >= 11 is 12.1. The number of hydrogen-bond donors (Lipinski definition) is 2. The summed E-state index contributed by atoms with van der Waals surface area (Å²) in [5.74, 6) is 0.974. The average molecular weight is 413 g/mol. The number of fused-ring (bicyclic) bond motifs is 1. The van der Waals surface area contributed by atoms with Crippen LogP contribution in [0.15, 0.2) is 59.5 Å². The second-order valence-electron chi connectivity index (χ2n) is 5.95. The fourth-order valence-electron chi connectivity index (χ4n) is 2.85. The number of aromatic amines is 1. The molecule has 2 aromatic carbocycles. The third-order valence-corrected chi connectivity index (χ3v) is 4.74. The summed E-state index contributed by atoms with van der Waals surface area (Å²) in [4.78, 5) is 24.2. The van der Waals surface area contributed by atoms with E-state index in [0.717, 1.165) is 16.9 Å². The quantitative estimate of drug-likeness (QED) is 0.490. The average Bonchev–Trinajstić information content (AvgIpc) is 2.70. The van der Waals surface area contributed by atoms with Crippen LogP contribution >= 0.6 is 23.2 Å². The van der Waals surface area contributed by atoms with E-state index in [4.69, 9.17) is 27.9 Å². The molecule has 8 heteroatoms. The van der Waals surface area contributed by atoms with Gasteiger partial charge in [-0.2, -0.15) is 4.98 Å². The molecule has 4 aromatic rings. The van der Waals surface area contributed by atoms with Gasteiger partial charge in [0.05, 0.1) is 23.2 Å². The van der Waals surface area contributed by atoms with Crippen LogP contribution in [0.1, 0.15) is 0 Å². The standard InChI is InChI=1S/C20H14Cl2N4O2/c1-28-13-5-2-11(3-6-13)14-8-9-23-18-17(14)19(27)26-20(25-18)24-16-7-4-12(21)10-15(16)22/h2-10H,1H3,(H2,23,24,25,26,27). The number of ether oxygens (including phenoxy) is 1. The SMILES string of the molecule is COc1ccc(-c2ccnc3nc(Nc4ccc(Cl)cc4Cl)[nH]c(=O)c23)cc1. The van der Waals surface area contributed by atoms with Crippen LogP contribution in [0.4, 0.5) is 11.6 Å². The molecule has 0 unspecified atom stereocenters. The third kappa shape index (κ3) is 3.52. The predicted octanol–water partition coefficient (Wildman–Crippen LogP) is 5.04. The van der Waals surface area contributed by atoms with Crippen molar-refractivity contribution in [2.75, 3.05) is 12.4 Å². The van der Waals surface area contributed by atoms with Gasteiger partial charge in [0.15, 0.2) is 5.65 Å². The molecule has 0 aliphatic heterocycles. The highest BCUT2D eigenvalue weighted by atomic mass is 35.5. The Kier molecular flexibility index (Phi) is 4.90. The highest BCUT2D eigenvalue weighted by molar-refractivity contribution is 6.36. The number of nitrogens with one attached hydrogen (secondary N) is 2. The number of H-pyrrole nitrogens is 1. The first-order valence-electron chi connectivity index (χ1n) is 8.30. The number of anilines is 2. The van der Waals surface area contributed by atoms with Crippen LogP contribution < -0.4 is 15.6 Å². The molecule has 4 rings (SSSR count). The van der Waals surface area contributed by atoms with Gasteiger partial charge in [0, 0.05) is 11.2 Å². The number of rotatable bonds is 4. The van der Waals surface area contributed by atoms with Crippen molar-refractivity contribution in [2.45, 2.75) is 0 Å². The summed E-state index contributed by atoms with van der Waals surface area (Å²) in [6, 6.07) is 14.2. The molecule has 28 heavy (non-hydrogen) atoms. The molecule has 6 nitrogen and oxygen atoms in total. The Hall–Kier alpha value is -3.09. The summed E-state index contributed by atoms with van der Waals surface area (Å²) in [6.45, 7) is 0. The molecule has 0 radical (unpaired) electrons. The fourth-order valence-corrected chi connectivity index (χ4v) is 3.31. The second kappa shape index (κ2) is 7.50. The highest BCUT2D eigenvalue weighted by Crippen LogP contribution is 2.29. The van der Waals surface area contributed by atoms with Gasteiger partial charge < -0.3 is 10.1 Å². The topological polar surface area (TPSA) is 79.9 Å². The van der Waals surface area contributed by atoms with E-state index >= 15 is 0 Å². The van der Waals surface area contributed by atoms with Crippen molar-refractivity contribution in [3.05, 3.63) is 75.1 Å². The molecule has 0 atom stereocenters. The van der Waals surface area contributed by atoms with Gasteiger partial charge in [-0.25, -0.2) is 4.98 Å². The van der Waals surface area contributed by atoms with Crippen LogP contribution in [0, 0.1) is 0 Å². The molecule has 2 heterocycles. The Bertz CT molecular complexity index is 1220. The lowest BCUT2D eigenvalue weighted by molar-refractivity contribution is 0.415. The van der Waals surface area contributed by atoms with E-state index in [9.17, 15) is 4.79 Å². The maximum absolute atomic E-state index is 12.8. The second-order valence-corrected chi connectivity index (χ2v) is 6.79. The summed E-state index contributed by atoms with van der Waals surface area (Å²) in [7, 11) is 1.60.